The Morgan fingerprint density at radius 2 is 1.81 bits per heavy atom. The van der Waals surface area contributed by atoms with E-state index in [4.69, 9.17) is 5.11 Å². The molecule has 2 aliphatic rings. The molecule has 3 atom stereocenters. The number of likely N-dealkylation sites (tertiary alicyclic amines) is 1. The van der Waals surface area contributed by atoms with Crippen LogP contribution >= 0.6 is 0 Å². The van der Waals surface area contributed by atoms with E-state index in [-0.39, 0.29) is 11.8 Å². The van der Waals surface area contributed by atoms with E-state index in [1.54, 1.807) is 0 Å². The largest absolute Gasteiger partial charge is 0.481 e. The minimum absolute atomic E-state index is 0.0644. The smallest absolute Gasteiger partial charge is 0.307 e. The van der Waals surface area contributed by atoms with E-state index < -0.39 is 11.9 Å². The molecule has 0 aromatic heterocycles. The van der Waals surface area contributed by atoms with Crippen molar-refractivity contribution < 1.29 is 14.7 Å². The highest BCUT2D eigenvalue weighted by molar-refractivity contribution is 5.85. The van der Waals surface area contributed by atoms with E-state index in [0.29, 0.717) is 25.3 Å². The van der Waals surface area contributed by atoms with Crippen molar-refractivity contribution in [3.63, 3.8) is 0 Å². The fraction of sp³-hybridized carbons (Fsp3) is 0.875. The van der Waals surface area contributed by atoms with Crippen LogP contribution in [0.15, 0.2) is 0 Å². The van der Waals surface area contributed by atoms with Crippen LogP contribution in [0.1, 0.15) is 45.4 Å². The summed E-state index contributed by atoms with van der Waals surface area (Å²) >= 11 is 0. The maximum absolute atomic E-state index is 12.2. The Kier molecular flexibility index (Phi) is 6.03. The van der Waals surface area contributed by atoms with Crippen LogP contribution in [0.3, 0.4) is 0 Å². The van der Waals surface area contributed by atoms with Crippen molar-refractivity contribution in [3.05, 3.63) is 0 Å². The molecule has 2 fully saturated rings. The summed E-state index contributed by atoms with van der Waals surface area (Å²) in [5, 5.41) is 12.1. The number of aliphatic carboxylic acids is 1. The second-order valence-electron chi connectivity index (χ2n) is 6.69. The SMILES string of the molecule is CC(CNC(=O)C1CCCC1C(=O)O)CN1CCCCC1. The Bertz CT molecular complexity index is 367. The summed E-state index contributed by atoms with van der Waals surface area (Å²) in [5.41, 5.74) is 0. The molecule has 3 unspecified atom stereocenters. The third kappa shape index (κ3) is 4.70. The zero-order valence-electron chi connectivity index (χ0n) is 13.0. The van der Waals surface area contributed by atoms with Crippen molar-refractivity contribution in [2.45, 2.75) is 45.4 Å². The average molecular weight is 296 g/mol. The first-order valence-corrected chi connectivity index (χ1v) is 8.31. The van der Waals surface area contributed by atoms with Crippen molar-refractivity contribution >= 4 is 11.9 Å². The van der Waals surface area contributed by atoms with E-state index in [1.807, 2.05) is 0 Å². The van der Waals surface area contributed by atoms with Crippen LogP contribution in [-0.2, 0) is 9.59 Å². The minimum atomic E-state index is -0.825. The highest BCUT2D eigenvalue weighted by Crippen LogP contribution is 2.32. The van der Waals surface area contributed by atoms with E-state index >= 15 is 0 Å². The van der Waals surface area contributed by atoms with Gasteiger partial charge in [-0.3, -0.25) is 9.59 Å². The van der Waals surface area contributed by atoms with Crippen molar-refractivity contribution in [1.82, 2.24) is 10.2 Å². The summed E-state index contributed by atoms with van der Waals surface area (Å²) in [6.45, 7) is 6.16. The summed E-state index contributed by atoms with van der Waals surface area (Å²) in [6.07, 6.45) is 6.08. The Morgan fingerprint density at radius 1 is 1.14 bits per heavy atom. The Balaban J connectivity index is 1.71. The molecular formula is C16H28N2O3. The minimum Gasteiger partial charge on any atom is -0.481 e. The summed E-state index contributed by atoms with van der Waals surface area (Å²) in [7, 11) is 0. The summed E-state index contributed by atoms with van der Waals surface area (Å²) in [5.74, 6) is -1.29. The molecule has 120 valence electrons. The number of nitrogens with zero attached hydrogens (tertiary/aromatic N) is 1. The van der Waals surface area contributed by atoms with E-state index in [1.165, 1.54) is 32.4 Å². The number of hydrogen-bond donors (Lipinski definition) is 2. The van der Waals surface area contributed by atoms with Gasteiger partial charge in [-0.2, -0.15) is 0 Å². The Labute approximate surface area is 127 Å². The van der Waals surface area contributed by atoms with Gasteiger partial charge in [0, 0.05) is 13.1 Å². The molecular weight excluding hydrogens is 268 g/mol. The normalized spacial score (nSPS) is 28.2. The molecule has 1 aliphatic carbocycles. The van der Waals surface area contributed by atoms with Crippen LogP contribution < -0.4 is 5.32 Å². The van der Waals surface area contributed by atoms with Gasteiger partial charge >= 0.3 is 5.97 Å². The van der Waals surface area contributed by atoms with Gasteiger partial charge in [-0.15, -0.1) is 0 Å². The lowest BCUT2D eigenvalue weighted by atomic mass is 9.95. The third-order valence-electron chi connectivity index (χ3n) is 4.81. The van der Waals surface area contributed by atoms with E-state index in [0.717, 1.165) is 13.0 Å². The zero-order chi connectivity index (χ0) is 15.2. The molecule has 5 heteroatoms. The molecule has 2 N–H and O–H groups in total. The van der Waals surface area contributed by atoms with Gasteiger partial charge in [0.05, 0.1) is 11.8 Å². The van der Waals surface area contributed by atoms with Gasteiger partial charge in [-0.05, 0) is 44.7 Å². The Hall–Kier alpha value is -1.10. The molecule has 2 rings (SSSR count). The number of carboxylic acids is 1. The van der Waals surface area contributed by atoms with Gasteiger partial charge in [0.15, 0.2) is 0 Å². The van der Waals surface area contributed by atoms with Gasteiger partial charge in [0.2, 0.25) is 5.91 Å². The van der Waals surface area contributed by atoms with E-state index in [2.05, 4.69) is 17.1 Å². The molecule has 1 heterocycles. The van der Waals surface area contributed by atoms with Gasteiger partial charge in [0.25, 0.3) is 0 Å². The molecule has 0 bridgehead atoms. The van der Waals surface area contributed by atoms with Crippen LogP contribution in [0, 0.1) is 17.8 Å². The molecule has 5 nitrogen and oxygen atoms in total. The van der Waals surface area contributed by atoms with Crippen LogP contribution in [0.4, 0.5) is 0 Å². The molecule has 21 heavy (non-hydrogen) atoms. The summed E-state index contributed by atoms with van der Waals surface area (Å²) < 4.78 is 0. The first kappa shape index (κ1) is 16.3. The fourth-order valence-corrected chi connectivity index (χ4v) is 3.62. The summed E-state index contributed by atoms with van der Waals surface area (Å²) in [4.78, 5) is 25.8. The van der Waals surface area contributed by atoms with Crippen molar-refractivity contribution in [1.29, 1.82) is 0 Å². The predicted octanol–water partition coefficient (Wildman–Crippen LogP) is 1.73. The van der Waals surface area contributed by atoms with Crippen molar-refractivity contribution in [3.8, 4) is 0 Å². The lowest BCUT2D eigenvalue weighted by molar-refractivity contribution is -0.146. The van der Waals surface area contributed by atoms with Crippen molar-refractivity contribution in [2.75, 3.05) is 26.2 Å². The van der Waals surface area contributed by atoms with Gasteiger partial charge < -0.3 is 15.3 Å². The highest BCUT2D eigenvalue weighted by Gasteiger charge is 2.37. The number of nitrogens with one attached hydrogen (secondary N) is 1. The number of amides is 1. The molecule has 1 amide bonds. The van der Waals surface area contributed by atoms with Crippen LogP contribution in [-0.4, -0.2) is 48.1 Å². The molecule has 1 saturated carbocycles. The maximum atomic E-state index is 12.2. The van der Waals surface area contributed by atoms with Gasteiger partial charge in [-0.1, -0.05) is 19.8 Å². The topological polar surface area (TPSA) is 69.6 Å². The van der Waals surface area contributed by atoms with Gasteiger partial charge in [0.1, 0.15) is 0 Å². The fourth-order valence-electron chi connectivity index (χ4n) is 3.62. The first-order valence-electron chi connectivity index (χ1n) is 8.31. The lowest BCUT2D eigenvalue weighted by Gasteiger charge is -2.29. The summed E-state index contributed by atoms with van der Waals surface area (Å²) in [6, 6.07) is 0. The second kappa shape index (κ2) is 7.78. The Morgan fingerprint density at radius 3 is 2.48 bits per heavy atom. The maximum Gasteiger partial charge on any atom is 0.307 e. The molecule has 0 aromatic carbocycles. The molecule has 0 radical (unpaired) electrons. The quantitative estimate of drug-likeness (QED) is 0.783. The van der Waals surface area contributed by atoms with Crippen LogP contribution in [0.25, 0.3) is 0 Å². The zero-order valence-corrected chi connectivity index (χ0v) is 13.0. The second-order valence-corrected chi connectivity index (χ2v) is 6.69. The molecule has 1 aliphatic heterocycles. The highest BCUT2D eigenvalue weighted by atomic mass is 16.4. The number of carbonyl (C=O) groups excluding carboxylic acids is 1. The number of carbonyl (C=O) groups is 2. The number of piperidine rings is 1. The van der Waals surface area contributed by atoms with Crippen LogP contribution in [0.2, 0.25) is 0 Å². The first-order chi connectivity index (χ1) is 10.1. The standard InChI is InChI=1S/C16H28N2O3/c1-12(11-18-8-3-2-4-9-18)10-17-15(19)13-6-5-7-14(13)16(20)21/h12-14H,2-11H2,1H3,(H,17,19)(H,20,21). The predicted molar refractivity (Wildman–Crippen MR) is 80.9 cm³/mol. The monoisotopic (exact) mass is 296 g/mol. The third-order valence-corrected chi connectivity index (χ3v) is 4.81. The number of hydrogen-bond acceptors (Lipinski definition) is 3. The molecule has 1 saturated heterocycles. The van der Waals surface area contributed by atoms with E-state index in [9.17, 15) is 9.59 Å². The van der Waals surface area contributed by atoms with Gasteiger partial charge in [-0.25, -0.2) is 0 Å². The number of rotatable bonds is 6. The van der Waals surface area contributed by atoms with Crippen molar-refractivity contribution in [2.24, 2.45) is 17.8 Å². The molecule has 0 spiro atoms. The average Bonchev–Trinajstić information content (AvgIpc) is 2.95. The molecule has 0 aromatic rings. The van der Waals surface area contributed by atoms with Crippen LogP contribution in [0.5, 0.6) is 0 Å². The lowest BCUT2D eigenvalue weighted by Crippen LogP contribution is -2.41. The number of carboxylic acid groups (broad SMARTS) is 1.